The molecular weight excluding hydrogens is 473 g/mol. The molecule has 0 radical (unpaired) electrons. The number of aromatic nitrogens is 1. The molecule has 0 bridgehead atoms. The highest BCUT2D eigenvalue weighted by Crippen LogP contribution is 2.34. The highest BCUT2D eigenvalue weighted by atomic mass is 19.1. The number of carbonyl (C=O) groups is 1. The molecule has 1 amide bonds. The van der Waals surface area contributed by atoms with Crippen molar-refractivity contribution in [3.63, 3.8) is 0 Å². The van der Waals surface area contributed by atoms with Gasteiger partial charge in [0.15, 0.2) is 11.6 Å². The van der Waals surface area contributed by atoms with E-state index in [4.69, 9.17) is 19.2 Å². The molecule has 7 nitrogen and oxygen atoms in total. The van der Waals surface area contributed by atoms with Gasteiger partial charge in [0, 0.05) is 36.6 Å². The summed E-state index contributed by atoms with van der Waals surface area (Å²) in [5, 5.41) is 3.89. The molecule has 0 aliphatic carbocycles. The van der Waals surface area contributed by atoms with E-state index < -0.39 is 5.82 Å². The van der Waals surface area contributed by atoms with E-state index in [9.17, 15) is 9.18 Å². The van der Waals surface area contributed by atoms with E-state index in [0.29, 0.717) is 17.9 Å². The first kappa shape index (κ1) is 26.8. The molecule has 1 aliphatic rings. The number of methoxy groups -OCH3 is 1. The topological polar surface area (TPSA) is 72.9 Å². The molecule has 0 unspecified atom stereocenters. The van der Waals surface area contributed by atoms with Gasteiger partial charge in [-0.1, -0.05) is 0 Å². The molecule has 3 aromatic rings. The summed E-state index contributed by atoms with van der Waals surface area (Å²) in [5.74, 6) is 0.368. The Morgan fingerprint density at radius 1 is 1.19 bits per heavy atom. The number of halogens is 1. The molecule has 8 heteroatoms. The molecule has 0 atom stereocenters. The molecular formula is C29H36FN3O4. The van der Waals surface area contributed by atoms with Gasteiger partial charge in [-0.2, -0.15) is 0 Å². The molecule has 1 N–H and O–H groups in total. The largest absolute Gasteiger partial charge is 0.494 e. The molecule has 2 aromatic carbocycles. The Morgan fingerprint density at radius 2 is 1.97 bits per heavy atom. The highest BCUT2D eigenvalue weighted by Gasteiger charge is 2.19. The molecule has 37 heavy (non-hydrogen) atoms. The number of carbonyl (C=O) groups excluding carboxylic acids is 1. The average Bonchev–Trinajstić information content (AvgIpc) is 2.89. The van der Waals surface area contributed by atoms with Gasteiger partial charge in [0.25, 0.3) is 0 Å². The number of nitrogens with zero attached hydrogens (tertiary/aromatic N) is 2. The average molecular weight is 510 g/mol. The van der Waals surface area contributed by atoms with Gasteiger partial charge < -0.3 is 19.5 Å². The van der Waals surface area contributed by atoms with E-state index in [-0.39, 0.29) is 24.1 Å². The van der Waals surface area contributed by atoms with Gasteiger partial charge in [-0.25, -0.2) is 9.37 Å². The Hall–Kier alpha value is -3.23. The van der Waals surface area contributed by atoms with Crippen LogP contribution < -0.4 is 14.8 Å². The van der Waals surface area contributed by atoms with Gasteiger partial charge >= 0.3 is 0 Å². The molecule has 1 aliphatic heterocycles. The van der Waals surface area contributed by atoms with Gasteiger partial charge in [0.2, 0.25) is 5.91 Å². The van der Waals surface area contributed by atoms with Crippen LogP contribution in [0.25, 0.3) is 22.2 Å². The first-order valence-electron chi connectivity index (χ1n) is 12.8. The molecule has 1 aromatic heterocycles. The minimum Gasteiger partial charge on any atom is -0.494 e. The molecule has 0 spiro atoms. The van der Waals surface area contributed by atoms with Gasteiger partial charge in [-0.05, 0) is 74.7 Å². The Labute approximate surface area is 217 Å². The molecule has 1 saturated heterocycles. The fourth-order valence-corrected chi connectivity index (χ4v) is 4.63. The van der Waals surface area contributed by atoms with Crippen LogP contribution in [-0.2, 0) is 16.0 Å². The van der Waals surface area contributed by atoms with E-state index in [2.05, 4.69) is 10.2 Å². The Kier molecular flexibility index (Phi) is 8.95. The zero-order chi connectivity index (χ0) is 26.4. The lowest BCUT2D eigenvalue weighted by atomic mass is 9.95. The molecule has 0 saturated carbocycles. The first-order valence-corrected chi connectivity index (χ1v) is 12.8. The van der Waals surface area contributed by atoms with Crippen molar-refractivity contribution in [1.29, 1.82) is 0 Å². The summed E-state index contributed by atoms with van der Waals surface area (Å²) in [6.07, 6.45) is 1.09. The lowest BCUT2D eigenvalue weighted by Gasteiger charge is -2.26. The number of amides is 1. The van der Waals surface area contributed by atoms with Crippen molar-refractivity contribution in [2.24, 2.45) is 0 Å². The van der Waals surface area contributed by atoms with Crippen LogP contribution in [0, 0.1) is 12.7 Å². The maximum absolute atomic E-state index is 14.1. The Bertz CT molecular complexity index is 1240. The van der Waals surface area contributed by atoms with Crippen LogP contribution in [0.3, 0.4) is 0 Å². The summed E-state index contributed by atoms with van der Waals surface area (Å²) in [6, 6.07) is 10.5. The van der Waals surface area contributed by atoms with Crippen molar-refractivity contribution in [2.45, 2.75) is 39.7 Å². The third kappa shape index (κ3) is 6.76. The van der Waals surface area contributed by atoms with Gasteiger partial charge in [-0.15, -0.1) is 0 Å². The number of aryl methyl sites for hydroxylation is 1. The Balaban J connectivity index is 1.62. The maximum Gasteiger partial charge on any atom is 0.224 e. The van der Waals surface area contributed by atoms with Crippen LogP contribution >= 0.6 is 0 Å². The van der Waals surface area contributed by atoms with Gasteiger partial charge in [0.1, 0.15) is 5.75 Å². The summed E-state index contributed by atoms with van der Waals surface area (Å²) in [6.45, 7) is 11.0. The van der Waals surface area contributed by atoms with Gasteiger partial charge in [-0.3, -0.25) is 9.69 Å². The smallest absolute Gasteiger partial charge is 0.224 e. The standard InChI is InChI=1S/C29H36FN3O4/c1-19(2)31-28(34)18-24-20(3)23-17-22(37-13-5-10-33-11-14-36-15-12-33)7-9-26(23)32-29(24)21-6-8-25(30)27(16-21)35-4/h6-9,16-17,19H,5,10-15,18H2,1-4H3,(H,31,34). The van der Waals surface area contributed by atoms with Crippen LogP contribution in [0.2, 0.25) is 0 Å². The summed E-state index contributed by atoms with van der Waals surface area (Å²) in [7, 11) is 1.43. The van der Waals surface area contributed by atoms with Crippen molar-refractivity contribution < 1.29 is 23.4 Å². The summed E-state index contributed by atoms with van der Waals surface area (Å²) in [5.41, 5.74) is 3.86. The SMILES string of the molecule is COc1cc(-c2nc3ccc(OCCCN4CCOCC4)cc3c(C)c2CC(=O)NC(C)C)ccc1F. The number of benzene rings is 2. The van der Waals surface area contributed by atoms with Crippen LogP contribution in [0.4, 0.5) is 4.39 Å². The second kappa shape index (κ2) is 12.3. The van der Waals surface area contributed by atoms with Crippen LogP contribution in [0.5, 0.6) is 11.5 Å². The summed E-state index contributed by atoms with van der Waals surface area (Å²) >= 11 is 0. The molecule has 2 heterocycles. The van der Waals surface area contributed by atoms with Crippen LogP contribution in [0.1, 0.15) is 31.4 Å². The van der Waals surface area contributed by atoms with E-state index in [1.54, 1.807) is 12.1 Å². The van der Waals surface area contributed by atoms with Crippen molar-refractivity contribution in [1.82, 2.24) is 15.2 Å². The lowest BCUT2D eigenvalue weighted by Crippen LogP contribution is -2.37. The number of nitrogens with one attached hydrogen (secondary N) is 1. The number of fused-ring (bicyclic) bond motifs is 1. The second-order valence-electron chi connectivity index (χ2n) is 9.65. The lowest BCUT2D eigenvalue weighted by molar-refractivity contribution is -0.120. The normalized spacial score (nSPS) is 14.2. The third-order valence-corrected chi connectivity index (χ3v) is 6.55. The van der Waals surface area contributed by atoms with E-state index >= 15 is 0 Å². The number of morpholine rings is 1. The Morgan fingerprint density at radius 3 is 2.70 bits per heavy atom. The minimum atomic E-state index is -0.446. The van der Waals surface area contributed by atoms with Crippen LogP contribution in [-0.4, -0.2) is 68.4 Å². The zero-order valence-corrected chi connectivity index (χ0v) is 22.1. The highest BCUT2D eigenvalue weighted by molar-refractivity contribution is 5.91. The number of rotatable bonds is 10. The number of hydrogen-bond donors (Lipinski definition) is 1. The quantitative estimate of drug-likeness (QED) is 0.405. The van der Waals surface area contributed by atoms with Crippen molar-refractivity contribution in [3.05, 3.63) is 53.3 Å². The molecule has 4 rings (SSSR count). The number of pyridine rings is 1. The maximum atomic E-state index is 14.1. The monoisotopic (exact) mass is 509 g/mol. The summed E-state index contributed by atoms with van der Waals surface area (Å²) < 4.78 is 30.8. The van der Waals surface area contributed by atoms with Crippen molar-refractivity contribution in [3.8, 4) is 22.8 Å². The van der Waals surface area contributed by atoms with E-state index in [1.165, 1.54) is 13.2 Å². The zero-order valence-electron chi connectivity index (χ0n) is 22.1. The van der Waals surface area contributed by atoms with Crippen molar-refractivity contribution in [2.75, 3.05) is 46.6 Å². The fraction of sp³-hybridized carbons (Fsp3) is 0.448. The first-order chi connectivity index (χ1) is 17.9. The van der Waals surface area contributed by atoms with E-state index in [1.807, 2.05) is 39.0 Å². The summed E-state index contributed by atoms with van der Waals surface area (Å²) in [4.78, 5) is 20.1. The number of hydrogen-bond acceptors (Lipinski definition) is 6. The minimum absolute atomic E-state index is 0.0213. The number of ether oxygens (including phenoxy) is 3. The molecule has 198 valence electrons. The van der Waals surface area contributed by atoms with Gasteiger partial charge in [0.05, 0.1) is 44.6 Å². The predicted octanol–water partition coefficient (Wildman–Crippen LogP) is 4.53. The van der Waals surface area contributed by atoms with Crippen molar-refractivity contribution >= 4 is 16.8 Å². The third-order valence-electron chi connectivity index (χ3n) is 6.55. The molecule has 1 fully saturated rings. The van der Waals surface area contributed by atoms with Crippen LogP contribution in [0.15, 0.2) is 36.4 Å². The fourth-order valence-electron chi connectivity index (χ4n) is 4.63. The predicted molar refractivity (Wildman–Crippen MR) is 143 cm³/mol. The second-order valence-corrected chi connectivity index (χ2v) is 9.65. The van der Waals surface area contributed by atoms with E-state index in [0.717, 1.165) is 67.0 Å².